The molecule has 2 fully saturated rings. The Labute approximate surface area is 172 Å². The van der Waals surface area contributed by atoms with E-state index in [1.807, 2.05) is 0 Å². The molecule has 0 aromatic heterocycles. The Morgan fingerprint density at radius 1 is 0.643 bits per heavy atom. The van der Waals surface area contributed by atoms with Gasteiger partial charge in [0.2, 0.25) is 0 Å². The highest BCUT2D eigenvalue weighted by Crippen LogP contribution is 2.35. The van der Waals surface area contributed by atoms with E-state index in [4.69, 9.17) is 42.1 Å². The number of benzene rings is 2. The summed E-state index contributed by atoms with van der Waals surface area (Å²) in [5, 5.41) is 22.4. The highest BCUT2D eigenvalue weighted by molar-refractivity contribution is 6.30. The molecule has 2 saturated heterocycles. The van der Waals surface area contributed by atoms with Crippen LogP contribution in [0.25, 0.3) is 0 Å². The average molecular weight is 427 g/mol. The lowest BCUT2D eigenvalue weighted by Crippen LogP contribution is -2.46. The fourth-order valence-electron chi connectivity index (χ4n) is 3.29. The number of halogens is 2. The third kappa shape index (κ3) is 4.35. The summed E-state index contributed by atoms with van der Waals surface area (Å²) >= 11 is 11.9. The molecule has 0 radical (unpaired) electrons. The molecule has 2 N–H and O–H groups in total. The van der Waals surface area contributed by atoms with Crippen LogP contribution in [0.5, 0.6) is 0 Å². The third-order valence-electron chi connectivity index (χ3n) is 4.76. The van der Waals surface area contributed by atoms with Crippen molar-refractivity contribution in [3.63, 3.8) is 0 Å². The van der Waals surface area contributed by atoms with Gasteiger partial charge in [-0.3, -0.25) is 0 Å². The highest BCUT2D eigenvalue weighted by atomic mass is 35.5. The van der Waals surface area contributed by atoms with Crippen LogP contribution in [0.4, 0.5) is 0 Å². The van der Waals surface area contributed by atoms with E-state index < -0.39 is 37.0 Å². The Kier molecular flexibility index (Phi) is 6.20. The molecule has 6 atom stereocenters. The molecule has 150 valence electrons. The van der Waals surface area contributed by atoms with Gasteiger partial charge in [0.1, 0.15) is 24.4 Å². The van der Waals surface area contributed by atoms with E-state index in [0.717, 1.165) is 11.1 Å². The van der Waals surface area contributed by atoms with Crippen LogP contribution < -0.4 is 0 Å². The largest absolute Gasteiger partial charge is 0.388 e. The number of hydrogen-bond donors (Lipinski definition) is 2. The zero-order valence-corrected chi connectivity index (χ0v) is 16.3. The average Bonchev–Trinajstić information content (AvgIpc) is 2.95. The van der Waals surface area contributed by atoms with Gasteiger partial charge in [0.05, 0.1) is 13.2 Å². The van der Waals surface area contributed by atoms with E-state index >= 15 is 0 Å². The molecule has 6 nitrogen and oxygen atoms in total. The van der Waals surface area contributed by atoms with Crippen LogP contribution in [0.2, 0.25) is 10.0 Å². The highest BCUT2D eigenvalue weighted by Gasteiger charge is 2.44. The van der Waals surface area contributed by atoms with Gasteiger partial charge < -0.3 is 29.2 Å². The molecule has 2 heterocycles. The summed E-state index contributed by atoms with van der Waals surface area (Å²) in [6.07, 6.45) is -5.23. The first-order valence-electron chi connectivity index (χ1n) is 8.92. The third-order valence-corrected chi connectivity index (χ3v) is 5.27. The Balaban J connectivity index is 1.57. The maximum absolute atomic E-state index is 10.6. The van der Waals surface area contributed by atoms with Crippen molar-refractivity contribution >= 4 is 23.2 Å². The van der Waals surface area contributed by atoms with Crippen molar-refractivity contribution in [2.75, 3.05) is 13.2 Å². The normalized spacial score (nSPS) is 33.6. The van der Waals surface area contributed by atoms with E-state index in [1.165, 1.54) is 0 Å². The van der Waals surface area contributed by atoms with Crippen LogP contribution in [-0.4, -0.2) is 47.8 Å². The molecule has 0 saturated carbocycles. The topological polar surface area (TPSA) is 77.4 Å². The van der Waals surface area contributed by atoms with Crippen molar-refractivity contribution in [2.45, 2.75) is 37.0 Å². The first kappa shape index (κ1) is 20.1. The van der Waals surface area contributed by atoms with Crippen LogP contribution in [0.3, 0.4) is 0 Å². The van der Waals surface area contributed by atoms with Crippen LogP contribution in [0.1, 0.15) is 23.7 Å². The summed E-state index contributed by atoms with van der Waals surface area (Å²) in [5.74, 6) is 0. The fourth-order valence-corrected chi connectivity index (χ4v) is 3.54. The van der Waals surface area contributed by atoms with Crippen molar-refractivity contribution in [3.8, 4) is 0 Å². The molecule has 8 heteroatoms. The van der Waals surface area contributed by atoms with Crippen molar-refractivity contribution in [2.24, 2.45) is 0 Å². The zero-order valence-electron chi connectivity index (χ0n) is 14.8. The molecule has 0 aliphatic carbocycles. The molecule has 2 unspecified atom stereocenters. The minimum absolute atomic E-state index is 0.0193. The molecule has 2 aromatic carbocycles. The number of hydrogen-bond acceptors (Lipinski definition) is 6. The molecule has 2 aliphatic heterocycles. The fraction of sp³-hybridized carbons (Fsp3) is 0.400. The van der Waals surface area contributed by atoms with E-state index in [-0.39, 0.29) is 13.2 Å². The van der Waals surface area contributed by atoms with Gasteiger partial charge in [0, 0.05) is 21.2 Å². The quantitative estimate of drug-likeness (QED) is 0.767. The molecule has 2 aromatic rings. The Morgan fingerprint density at radius 3 is 1.36 bits per heavy atom. The van der Waals surface area contributed by atoms with Gasteiger partial charge in [-0.2, -0.15) is 0 Å². The van der Waals surface area contributed by atoms with Crippen molar-refractivity contribution in [3.05, 3.63) is 69.7 Å². The van der Waals surface area contributed by atoms with Gasteiger partial charge in [0.25, 0.3) is 0 Å². The Bertz CT molecular complexity index is 717. The predicted molar refractivity (Wildman–Crippen MR) is 102 cm³/mol. The second kappa shape index (κ2) is 8.65. The molecule has 4 rings (SSSR count). The number of fused-ring (bicyclic) bond motifs is 1. The van der Waals surface area contributed by atoms with Gasteiger partial charge >= 0.3 is 0 Å². The maximum Gasteiger partial charge on any atom is 0.184 e. The summed E-state index contributed by atoms with van der Waals surface area (Å²) in [7, 11) is 0. The van der Waals surface area contributed by atoms with Crippen molar-refractivity contribution in [1.29, 1.82) is 0 Å². The smallest absolute Gasteiger partial charge is 0.184 e. The van der Waals surface area contributed by atoms with Crippen LogP contribution in [0.15, 0.2) is 48.5 Å². The maximum atomic E-state index is 10.6. The summed E-state index contributed by atoms with van der Waals surface area (Å²) in [5.41, 5.74) is 1.45. The van der Waals surface area contributed by atoms with Gasteiger partial charge in [-0.25, -0.2) is 0 Å². The summed E-state index contributed by atoms with van der Waals surface area (Å²) < 4.78 is 23.4. The number of aliphatic hydroxyl groups is 2. The number of ether oxygens (including phenoxy) is 4. The summed E-state index contributed by atoms with van der Waals surface area (Å²) in [6.45, 7) is -0.0387. The lowest BCUT2D eigenvalue weighted by atomic mass is 10.0. The lowest BCUT2D eigenvalue weighted by molar-refractivity contribution is -0.206. The SMILES string of the molecule is O[C@@H]1COC(c2ccc(Cl)cc2)O[C@H]2[C@@H]1OC(c1ccc(Cl)cc1)OC[C@@H]2O. The van der Waals surface area contributed by atoms with Crippen LogP contribution in [0, 0.1) is 0 Å². The molecule has 28 heavy (non-hydrogen) atoms. The van der Waals surface area contributed by atoms with Gasteiger partial charge in [-0.1, -0.05) is 47.5 Å². The number of aliphatic hydroxyl groups excluding tert-OH is 2. The number of rotatable bonds is 2. The van der Waals surface area contributed by atoms with Crippen LogP contribution in [-0.2, 0) is 18.9 Å². The first-order valence-corrected chi connectivity index (χ1v) is 9.68. The van der Waals surface area contributed by atoms with E-state index in [1.54, 1.807) is 48.5 Å². The Hall–Kier alpha value is -1.22. The molecule has 2 aliphatic rings. The predicted octanol–water partition coefficient (Wildman–Crippen LogP) is 3.24. The molecular weight excluding hydrogens is 407 g/mol. The van der Waals surface area contributed by atoms with Crippen LogP contribution >= 0.6 is 23.2 Å². The van der Waals surface area contributed by atoms with E-state index in [2.05, 4.69) is 0 Å². The minimum Gasteiger partial charge on any atom is -0.388 e. The minimum atomic E-state index is -1.01. The Morgan fingerprint density at radius 2 is 1.00 bits per heavy atom. The summed E-state index contributed by atoms with van der Waals surface area (Å²) in [4.78, 5) is 0. The second-order valence-electron chi connectivity index (χ2n) is 6.77. The molecule has 0 spiro atoms. The lowest BCUT2D eigenvalue weighted by Gasteiger charge is -2.29. The van der Waals surface area contributed by atoms with Gasteiger partial charge in [-0.05, 0) is 24.3 Å². The molecule has 0 amide bonds. The first-order chi connectivity index (χ1) is 13.5. The standard InChI is InChI=1S/C20H20Cl2O6/c21-13-5-1-11(2-6-13)19-25-9-15(23)18-17(27-19)16(24)10-26-20(28-18)12-3-7-14(22)8-4-12/h1-8,15-20,23-24H,9-10H2/t15-,16+,17-,18-,19?,20?/m1/s1. The van der Waals surface area contributed by atoms with Crippen molar-refractivity contribution in [1.82, 2.24) is 0 Å². The summed E-state index contributed by atoms with van der Waals surface area (Å²) in [6, 6.07) is 14.0. The zero-order chi connectivity index (χ0) is 19.7. The van der Waals surface area contributed by atoms with Gasteiger partial charge in [0.15, 0.2) is 12.6 Å². The van der Waals surface area contributed by atoms with E-state index in [0.29, 0.717) is 10.0 Å². The second-order valence-corrected chi connectivity index (χ2v) is 7.64. The van der Waals surface area contributed by atoms with Gasteiger partial charge in [-0.15, -0.1) is 0 Å². The molecule has 0 bridgehead atoms. The van der Waals surface area contributed by atoms with Crippen molar-refractivity contribution < 1.29 is 29.2 Å². The van der Waals surface area contributed by atoms with E-state index in [9.17, 15) is 10.2 Å². The molecular formula is C20H20Cl2O6. The monoisotopic (exact) mass is 426 g/mol.